The summed E-state index contributed by atoms with van der Waals surface area (Å²) in [7, 11) is 0. The summed E-state index contributed by atoms with van der Waals surface area (Å²) in [6.07, 6.45) is 6.10. The maximum absolute atomic E-state index is 10.8. The van der Waals surface area contributed by atoms with Crippen molar-refractivity contribution in [2.75, 3.05) is 13.2 Å². The number of carbonyl (C=O) groups excluding carboxylic acids is 1. The van der Waals surface area contributed by atoms with E-state index in [1.54, 1.807) is 0 Å². The number of hydrogen-bond donors (Lipinski definition) is 2. The number of carbonyl (C=O) groups is 2. The average molecular weight is 243 g/mol. The standard InChI is InChI=1S/C12H21NO4/c1-9(14)13-11(12(15)16)8-17-7-10-5-3-2-4-6-10/h10-11H,2-8H2,1H3,(H,13,14)(H,15,16)/t11-/m1/s1. The van der Waals surface area contributed by atoms with Crippen LogP contribution in [0, 0.1) is 5.92 Å². The van der Waals surface area contributed by atoms with E-state index in [-0.39, 0.29) is 12.5 Å². The molecule has 0 saturated heterocycles. The first-order valence-corrected chi connectivity index (χ1v) is 6.17. The van der Waals surface area contributed by atoms with E-state index in [0.717, 1.165) is 12.8 Å². The van der Waals surface area contributed by atoms with Crippen molar-refractivity contribution >= 4 is 11.9 Å². The van der Waals surface area contributed by atoms with Crippen LogP contribution in [0.3, 0.4) is 0 Å². The zero-order chi connectivity index (χ0) is 12.7. The van der Waals surface area contributed by atoms with E-state index in [4.69, 9.17) is 9.84 Å². The summed E-state index contributed by atoms with van der Waals surface area (Å²) < 4.78 is 5.40. The summed E-state index contributed by atoms with van der Waals surface area (Å²) in [5.74, 6) is -0.849. The first kappa shape index (κ1) is 14.0. The molecule has 98 valence electrons. The van der Waals surface area contributed by atoms with Crippen molar-refractivity contribution in [2.24, 2.45) is 5.92 Å². The van der Waals surface area contributed by atoms with Crippen molar-refractivity contribution in [3.8, 4) is 0 Å². The molecule has 1 saturated carbocycles. The van der Waals surface area contributed by atoms with Crippen molar-refractivity contribution in [3.63, 3.8) is 0 Å². The van der Waals surface area contributed by atoms with Gasteiger partial charge in [0.1, 0.15) is 0 Å². The Labute approximate surface area is 102 Å². The molecular formula is C12H21NO4. The fourth-order valence-corrected chi connectivity index (χ4v) is 2.13. The number of amides is 1. The zero-order valence-corrected chi connectivity index (χ0v) is 10.3. The molecule has 0 aromatic carbocycles. The molecule has 1 fully saturated rings. The smallest absolute Gasteiger partial charge is 0.328 e. The van der Waals surface area contributed by atoms with Gasteiger partial charge in [-0.25, -0.2) is 4.79 Å². The fourth-order valence-electron chi connectivity index (χ4n) is 2.13. The van der Waals surface area contributed by atoms with E-state index in [2.05, 4.69) is 5.32 Å². The molecule has 1 atom stereocenters. The summed E-state index contributed by atoms with van der Waals surface area (Å²) in [6, 6.07) is -0.934. The minimum atomic E-state index is -1.05. The molecular weight excluding hydrogens is 222 g/mol. The van der Waals surface area contributed by atoms with Crippen molar-refractivity contribution < 1.29 is 19.4 Å². The highest BCUT2D eigenvalue weighted by molar-refractivity contribution is 5.82. The van der Waals surface area contributed by atoms with E-state index < -0.39 is 12.0 Å². The number of hydrogen-bond acceptors (Lipinski definition) is 3. The molecule has 0 aliphatic heterocycles. The molecule has 5 heteroatoms. The van der Waals surface area contributed by atoms with Gasteiger partial charge in [0.2, 0.25) is 5.91 Å². The Morgan fingerprint density at radius 2 is 2.00 bits per heavy atom. The highest BCUT2D eigenvalue weighted by Gasteiger charge is 2.20. The molecule has 1 aliphatic carbocycles. The van der Waals surface area contributed by atoms with Crippen LogP contribution in [0.5, 0.6) is 0 Å². The molecule has 1 amide bonds. The van der Waals surface area contributed by atoms with Gasteiger partial charge in [0.05, 0.1) is 6.61 Å². The van der Waals surface area contributed by atoms with Crippen LogP contribution in [0.25, 0.3) is 0 Å². The van der Waals surface area contributed by atoms with Gasteiger partial charge in [-0.3, -0.25) is 4.79 Å². The molecule has 2 N–H and O–H groups in total. The van der Waals surface area contributed by atoms with Gasteiger partial charge >= 0.3 is 5.97 Å². The molecule has 0 heterocycles. The lowest BCUT2D eigenvalue weighted by molar-refractivity contribution is -0.143. The second kappa shape index (κ2) is 7.27. The van der Waals surface area contributed by atoms with Gasteiger partial charge in [-0.1, -0.05) is 19.3 Å². The predicted octanol–water partition coefficient (Wildman–Crippen LogP) is 1.17. The number of carboxylic acid groups (broad SMARTS) is 1. The Morgan fingerprint density at radius 3 is 2.53 bits per heavy atom. The van der Waals surface area contributed by atoms with Gasteiger partial charge in [0, 0.05) is 13.5 Å². The lowest BCUT2D eigenvalue weighted by atomic mass is 9.90. The minimum absolute atomic E-state index is 0.0470. The lowest BCUT2D eigenvalue weighted by Gasteiger charge is -2.22. The molecule has 0 aromatic heterocycles. The van der Waals surface area contributed by atoms with E-state index >= 15 is 0 Å². The molecule has 5 nitrogen and oxygen atoms in total. The SMILES string of the molecule is CC(=O)N[C@H](COCC1CCCCC1)C(=O)O. The number of ether oxygens (including phenoxy) is 1. The third-order valence-corrected chi connectivity index (χ3v) is 3.04. The van der Waals surface area contributed by atoms with Crippen LogP contribution in [0.4, 0.5) is 0 Å². The monoisotopic (exact) mass is 243 g/mol. The summed E-state index contributed by atoms with van der Waals surface area (Å²) in [4.78, 5) is 21.6. The van der Waals surface area contributed by atoms with E-state index in [0.29, 0.717) is 12.5 Å². The Hall–Kier alpha value is -1.10. The summed E-state index contributed by atoms with van der Waals surface area (Å²) in [5.41, 5.74) is 0. The largest absolute Gasteiger partial charge is 0.480 e. The number of carboxylic acids is 1. The first-order chi connectivity index (χ1) is 8.09. The third kappa shape index (κ3) is 5.68. The second-order valence-electron chi connectivity index (χ2n) is 4.63. The lowest BCUT2D eigenvalue weighted by Crippen LogP contribution is -2.43. The van der Waals surface area contributed by atoms with Crippen molar-refractivity contribution in [1.82, 2.24) is 5.32 Å². The van der Waals surface area contributed by atoms with Gasteiger partial charge in [0.25, 0.3) is 0 Å². The predicted molar refractivity (Wildman–Crippen MR) is 62.6 cm³/mol. The zero-order valence-electron chi connectivity index (χ0n) is 10.3. The molecule has 0 unspecified atom stereocenters. The van der Waals surface area contributed by atoms with Crippen LogP contribution in [0.15, 0.2) is 0 Å². The van der Waals surface area contributed by atoms with Crippen LogP contribution >= 0.6 is 0 Å². The molecule has 0 aromatic rings. The molecule has 1 aliphatic rings. The number of rotatable bonds is 6. The Balaban J connectivity index is 2.21. The minimum Gasteiger partial charge on any atom is -0.480 e. The Bertz CT molecular complexity index is 261. The number of aliphatic carboxylic acids is 1. The van der Waals surface area contributed by atoms with Crippen molar-refractivity contribution in [3.05, 3.63) is 0 Å². The maximum Gasteiger partial charge on any atom is 0.328 e. The normalized spacial score (nSPS) is 18.6. The van der Waals surface area contributed by atoms with Gasteiger partial charge in [-0.15, -0.1) is 0 Å². The summed E-state index contributed by atoms with van der Waals surface area (Å²) >= 11 is 0. The fraction of sp³-hybridized carbons (Fsp3) is 0.833. The molecule has 0 radical (unpaired) electrons. The molecule has 0 bridgehead atoms. The van der Waals surface area contributed by atoms with Crippen LogP contribution in [0.2, 0.25) is 0 Å². The van der Waals surface area contributed by atoms with Gasteiger partial charge < -0.3 is 15.2 Å². The molecule has 17 heavy (non-hydrogen) atoms. The van der Waals surface area contributed by atoms with Crippen LogP contribution in [-0.4, -0.2) is 36.2 Å². The molecule has 1 rings (SSSR count). The van der Waals surface area contributed by atoms with Crippen LogP contribution in [-0.2, 0) is 14.3 Å². The van der Waals surface area contributed by atoms with Gasteiger partial charge in [-0.2, -0.15) is 0 Å². The number of nitrogens with one attached hydrogen (secondary N) is 1. The highest BCUT2D eigenvalue weighted by atomic mass is 16.5. The summed E-state index contributed by atoms with van der Waals surface area (Å²) in [5, 5.41) is 11.2. The summed E-state index contributed by atoms with van der Waals surface area (Å²) in [6.45, 7) is 1.95. The topological polar surface area (TPSA) is 75.6 Å². The maximum atomic E-state index is 10.8. The van der Waals surface area contributed by atoms with Crippen LogP contribution < -0.4 is 5.32 Å². The second-order valence-corrected chi connectivity index (χ2v) is 4.63. The van der Waals surface area contributed by atoms with Gasteiger partial charge in [0.15, 0.2) is 6.04 Å². The third-order valence-electron chi connectivity index (χ3n) is 3.04. The van der Waals surface area contributed by atoms with Crippen LogP contribution in [0.1, 0.15) is 39.0 Å². The van der Waals surface area contributed by atoms with E-state index in [1.165, 1.54) is 26.2 Å². The quantitative estimate of drug-likeness (QED) is 0.734. The first-order valence-electron chi connectivity index (χ1n) is 6.17. The Kier molecular flexibility index (Phi) is 5.97. The highest BCUT2D eigenvalue weighted by Crippen LogP contribution is 2.23. The van der Waals surface area contributed by atoms with Crippen molar-refractivity contribution in [2.45, 2.75) is 45.1 Å². The molecule has 0 spiro atoms. The average Bonchev–Trinajstić information content (AvgIpc) is 2.28. The van der Waals surface area contributed by atoms with E-state index in [9.17, 15) is 9.59 Å². The Morgan fingerprint density at radius 1 is 1.35 bits per heavy atom. The van der Waals surface area contributed by atoms with Crippen molar-refractivity contribution in [1.29, 1.82) is 0 Å². The van der Waals surface area contributed by atoms with Gasteiger partial charge in [-0.05, 0) is 18.8 Å². The van der Waals surface area contributed by atoms with E-state index in [1.807, 2.05) is 0 Å².